The molecule has 112 valence electrons. The van der Waals surface area contributed by atoms with Crippen molar-refractivity contribution >= 4 is 5.69 Å². The predicted molar refractivity (Wildman–Crippen MR) is 88.5 cm³/mol. The molecule has 0 saturated carbocycles. The highest BCUT2D eigenvalue weighted by atomic mass is 16.3. The van der Waals surface area contributed by atoms with Crippen LogP contribution in [0.3, 0.4) is 0 Å². The molecule has 3 N–H and O–H groups in total. The van der Waals surface area contributed by atoms with Crippen LogP contribution in [0.4, 0.5) is 5.69 Å². The van der Waals surface area contributed by atoms with Gasteiger partial charge in [-0.3, -0.25) is 0 Å². The van der Waals surface area contributed by atoms with Crippen LogP contribution in [0.15, 0.2) is 54.6 Å². The molecule has 1 atom stereocenters. The van der Waals surface area contributed by atoms with E-state index in [1.807, 2.05) is 49.5 Å². The van der Waals surface area contributed by atoms with Crippen molar-refractivity contribution in [2.75, 3.05) is 25.0 Å². The van der Waals surface area contributed by atoms with E-state index in [-0.39, 0.29) is 6.54 Å². The lowest BCUT2D eigenvalue weighted by Gasteiger charge is -2.30. The molecule has 21 heavy (non-hydrogen) atoms. The number of anilines is 1. The molecule has 0 aliphatic heterocycles. The van der Waals surface area contributed by atoms with E-state index in [1.54, 1.807) is 0 Å². The molecule has 3 nitrogen and oxygen atoms in total. The van der Waals surface area contributed by atoms with Crippen LogP contribution in [-0.2, 0) is 5.60 Å². The third-order valence-corrected chi connectivity index (χ3v) is 4.04. The van der Waals surface area contributed by atoms with Crippen molar-refractivity contribution in [2.45, 2.75) is 18.9 Å². The standard InChI is InChI=1S/C18H24N2O/c1-15-8-6-7-11-17(15)20(2)13-12-18(21,14-19)16-9-4-3-5-10-16/h3-11,21H,12-14,19H2,1-2H3. The molecule has 0 aromatic heterocycles. The fraction of sp³-hybridized carbons (Fsp3) is 0.333. The predicted octanol–water partition coefficient (Wildman–Crippen LogP) is 2.67. The van der Waals surface area contributed by atoms with Gasteiger partial charge in [0.25, 0.3) is 0 Å². The lowest BCUT2D eigenvalue weighted by Crippen LogP contribution is -2.38. The molecule has 2 aromatic rings. The summed E-state index contributed by atoms with van der Waals surface area (Å²) >= 11 is 0. The first-order valence-corrected chi connectivity index (χ1v) is 7.31. The summed E-state index contributed by atoms with van der Waals surface area (Å²) in [5, 5.41) is 10.8. The van der Waals surface area contributed by atoms with E-state index in [0.29, 0.717) is 6.42 Å². The van der Waals surface area contributed by atoms with Crippen molar-refractivity contribution in [3.63, 3.8) is 0 Å². The van der Waals surface area contributed by atoms with Gasteiger partial charge in [0.15, 0.2) is 0 Å². The molecule has 0 amide bonds. The summed E-state index contributed by atoms with van der Waals surface area (Å²) < 4.78 is 0. The smallest absolute Gasteiger partial charge is 0.103 e. The van der Waals surface area contributed by atoms with Gasteiger partial charge in [0.1, 0.15) is 5.60 Å². The van der Waals surface area contributed by atoms with Crippen LogP contribution in [0.25, 0.3) is 0 Å². The number of rotatable bonds is 6. The van der Waals surface area contributed by atoms with Crippen molar-refractivity contribution in [2.24, 2.45) is 5.73 Å². The van der Waals surface area contributed by atoms with E-state index >= 15 is 0 Å². The topological polar surface area (TPSA) is 49.5 Å². The van der Waals surface area contributed by atoms with Crippen LogP contribution >= 0.6 is 0 Å². The summed E-state index contributed by atoms with van der Waals surface area (Å²) in [6, 6.07) is 17.9. The summed E-state index contributed by atoms with van der Waals surface area (Å²) in [7, 11) is 2.05. The maximum atomic E-state index is 10.8. The first-order chi connectivity index (χ1) is 10.1. The third kappa shape index (κ3) is 3.63. The van der Waals surface area contributed by atoms with Gasteiger partial charge in [0.2, 0.25) is 0 Å². The maximum Gasteiger partial charge on any atom is 0.103 e. The van der Waals surface area contributed by atoms with Crippen LogP contribution in [-0.4, -0.2) is 25.2 Å². The Morgan fingerprint density at radius 3 is 2.29 bits per heavy atom. The Bertz CT molecular complexity index is 570. The first-order valence-electron chi connectivity index (χ1n) is 7.31. The van der Waals surface area contributed by atoms with Gasteiger partial charge in [-0.1, -0.05) is 48.5 Å². The summed E-state index contributed by atoms with van der Waals surface area (Å²) in [6.07, 6.45) is 0.596. The normalized spacial score (nSPS) is 13.7. The molecular weight excluding hydrogens is 260 g/mol. The Balaban J connectivity index is 2.09. The van der Waals surface area contributed by atoms with Gasteiger partial charge < -0.3 is 15.7 Å². The van der Waals surface area contributed by atoms with Gasteiger partial charge in [-0.25, -0.2) is 0 Å². The summed E-state index contributed by atoms with van der Waals surface area (Å²) in [4.78, 5) is 2.17. The summed E-state index contributed by atoms with van der Waals surface area (Å²) in [6.45, 7) is 3.06. The SMILES string of the molecule is Cc1ccccc1N(C)CCC(O)(CN)c1ccccc1. The number of para-hydroxylation sites is 1. The van der Waals surface area contributed by atoms with Gasteiger partial charge >= 0.3 is 0 Å². The highest BCUT2D eigenvalue weighted by molar-refractivity contribution is 5.52. The lowest BCUT2D eigenvalue weighted by atomic mass is 9.90. The Kier molecular flexibility index (Phi) is 4.99. The second kappa shape index (κ2) is 6.74. The fourth-order valence-electron chi connectivity index (χ4n) is 2.58. The molecule has 0 saturated heterocycles. The van der Waals surface area contributed by atoms with Gasteiger partial charge in [-0.2, -0.15) is 0 Å². The van der Waals surface area contributed by atoms with E-state index in [1.165, 1.54) is 11.3 Å². The summed E-state index contributed by atoms with van der Waals surface area (Å²) in [5.41, 5.74) is 8.15. The molecule has 2 rings (SSSR count). The number of nitrogens with two attached hydrogens (primary N) is 1. The Morgan fingerprint density at radius 2 is 1.67 bits per heavy atom. The van der Waals surface area contributed by atoms with Crippen molar-refractivity contribution in [1.82, 2.24) is 0 Å². The summed E-state index contributed by atoms with van der Waals surface area (Å²) in [5.74, 6) is 0. The van der Waals surface area contributed by atoms with Crippen LogP contribution in [0.1, 0.15) is 17.5 Å². The maximum absolute atomic E-state index is 10.8. The molecule has 0 spiro atoms. The molecular formula is C18H24N2O. The first kappa shape index (κ1) is 15.5. The van der Waals surface area contributed by atoms with Gasteiger partial charge in [0, 0.05) is 25.8 Å². The zero-order valence-electron chi connectivity index (χ0n) is 12.8. The average Bonchev–Trinajstić information content (AvgIpc) is 2.53. The number of hydrogen-bond donors (Lipinski definition) is 2. The van der Waals surface area contributed by atoms with Gasteiger partial charge in [-0.15, -0.1) is 0 Å². The Labute approximate surface area is 127 Å². The quantitative estimate of drug-likeness (QED) is 0.857. The van der Waals surface area contributed by atoms with E-state index in [0.717, 1.165) is 12.1 Å². The van der Waals surface area contributed by atoms with Crippen LogP contribution < -0.4 is 10.6 Å². The molecule has 0 radical (unpaired) electrons. The number of aliphatic hydroxyl groups is 1. The van der Waals surface area contributed by atoms with Crippen molar-refractivity contribution in [3.8, 4) is 0 Å². The van der Waals surface area contributed by atoms with Gasteiger partial charge in [-0.05, 0) is 30.5 Å². The largest absolute Gasteiger partial charge is 0.384 e. The highest BCUT2D eigenvalue weighted by Crippen LogP contribution is 2.26. The molecule has 0 heterocycles. The van der Waals surface area contributed by atoms with Crippen LogP contribution in [0.5, 0.6) is 0 Å². The van der Waals surface area contributed by atoms with Crippen LogP contribution in [0, 0.1) is 6.92 Å². The monoisotopic (exact) mass is 284 g/mol. The number of aryl methyl sites for hydroxylation is 1. The Morgan fingerprint density at radius 1 is 1.05 bits per heavy atom. The molecule has 0 aliphatic rings. The molecule has 0 fully saturated rings. The molecule has 1 unspecified atom stereocenters. The van der Waals surface area contributed by atoms with E-state index in [2.05, 4.69) is 24.0 Å². The zero-order valence-corrected chi connectivity index (χ0v) is 12.8. The second-order valence-corrected chi connectivity index (χ2v) is 5.56. The van der Waals surface area contributed by atoms with Gasteiger partial charge in [0.05, 0.1) is 0 Å². The van der Waals surface area contributed by atoms with Crippen molar-refractivity contribution in [1.29, 1.82) is 0 Å². The number of benzene rings is 2. The molecule has 3 heteroatoms. The molecule has 0 bridgehead atoms. The van der Waals surface area contributed by atoms with Crippen LogP contribution in [0.2, 0.25) is 0 Å². The second-order valence-electron chi connectivity index (χ2n) is 5.56. The minimum Gasteiger partial charge on any atom is -0.384 e. The number of hydrogen-bond acceptors (Lipinski definition) is 3. The van der Waals surface area contributed by atoms with E-state index in [4.69, 9.17) is 5.73 Å². The Hall–Kier alpha value is -1.84. The van der Waals surface area contributed by atoms with Crippen molar-refractivity contribution < 1.29 is 5.11 Å². The highest BCUT2D eigenvalue weighted by Gasteiger charge is 2.27. The minimum atomic E-state index is -0.974. The number of nitrogens with zero attached hydrogens (tertiary/aromatic N) is 1. The molecule has 2 aromatic carbocycles. The van der Waals surface area contributed by atoms with E-state index < -0.39 is 5.60 Å². The lowest BCUT2D eigenvalue weighted by molar-refractivity contribution is 0.0390. The third-order valence-electron chi connectivity index (χ3n) is 4.04. The zero-order chi connectivity index (χ0) is 15.3. The average molecular weight is 284 g/mol. The fourth-order valence-corrected chi connectivity index (χ4v) is 2.58. The van der Waals surface area contributed by atoms with E-state index in [9.17, 15) is 5.11 Å². The van der Waals surface area contributed by atoms with Crippen molar-refractivity contribution in [3.05, 3.63) is 65.7 Å². The molecule has 0 aliphatic carbocycles. The minimum absolute atomic E-state index is 0.221.